The van der Waals surface area contributed by atoms with Gasteiger partial charge < -0.3 is 25.4 Å². The topological polar surface area (TPSA) is 125 Å². The van der Waals surface area contributed by atoms with E-state index >= 15 is 0 Å². The predicted molar refractivity (Wildman–Crippen MR) is 165 cm³/mol. The summed E-state index contributed by atoms with van der Waals surface area (Å²) >= 11 is 0. The molecule has 3 aromatic rings. The fourth-order valence-corrected chi connectivity index (χ4v) is 5.18. The molecule has 0 bridgehead atoms. The number of hydrogen-bond acceptors (Lipinski definition) is 5. The van der Waals surface area contributed by atoms with Crippen LogP contribution in [0.5, 0.6) is 0 Å². The summed E-state index contributed by atoms with van der Waals surface area (Å²) in [6.45, 7) is 9.02. The molecule has 3 aromatic carbocycles. The Morgan fingerprint density at radius 2 is 1.58 bits per heavy atom. The number of hydrogen-bond donors (Lipinski definition) is 3. The van der Waals surface area contributed by atoms with Crippen LogP contribution in [0.2, 0.25) is 0 Å². The van der Waals surface area contributed by atoms with E-state index in [2.05, 4.69) is 10.6 Å². The van der Waals surface area contributed by atoms with E-state index in [4.69, 9.17) is 4.74 Å². The number of para-hydroxylation sites is 1. The van der Waals surface area contributed by atoms with E-state index in [1.54, 1.807) is 63.8 Å². The standard InChI is InChI=1S/C34H39N3O6/c1-33(2,3)43-32(42)36-34(4,5)20-29(38)35-27-19-18-24-10-6-9-13-28(24)37(30(27)39)21-22-14-16-23(17-15-22)25-11-7-8-12-26(25)31(40)41/h6-17,27H,18-21H2,1-5H3,(H,35,38)(H,36,42)(H,40,41)/t27-/m1/s1. The van der Waals surface area contributed by atoms with Gasteiger partial charge in [-0.05, 0) is 81.8 Å². The van der Waals surface area contributed by atoms with Gasteiger partial charge in [-0.25, -0.2) is 9.59 Å². The van der Waals surface area contributed by atoms with E-state index in [1.165, 1.54) is 0 Å². The molecule has 0 fully saturated rings. The van der Waals surface area contributed by atoms with Gasteiger partial charge in [0.2, 0.25) is 11.8 Å². The maximum Gasteiger partial charge on any atom is 0.408 e. The van der Waals surface area contributed by atoms with E-state index in [0.717, 1.165) is 22.4 Å². The van der Waals surface area contributed by atoms with Crippen molar-refractivity contribution < 1.29 is 29.0 Å². The zero-order valence-corrected chi connectivity index (χ0v) is 25.3. The Labute approximate surface area is 252 Å². The molecule has 0 aliphatic carbocycles. The average molecular weight is 586 g/mol. The summed E-state index contributed by atoms with van der Waals surface area (Å²) in [6.07, 6.45) is 0.383. The van der Waals surface area contributed by atoms with Crippen LogP contribution in [-0.4, -0.2) is 46.2 Å². The largest absolute Gasteiger partial charge is 0.478 e. The number of nitrogens with one attached hydrogen (secondary N) is 2. The van der Waals surface area contributed by atoms with Gasteiger partial charge in [0.25, 0.3) is 0 Å². The van der Waals surface area contributed by atoms with Crippen molar-refractivity contribution in [1.82, 2.24) is 10.6 Å². The minimum atomic E-state index is -0.997. The first-order valence-electron chi connectivity index (χ1n) is 14.3. The molecule has 9 heteroatoms. The fourth-order valence-electron chi connectivity index (χ4n) is 5.18. The number of carbonyl (C=O) groups is 4. The molecule has 0 unspecified atom stereocenters. The third-order valence-corrected chi connectivity index (χ3v) is 7.09. The summed E-state index contributed by atoms with van der Waals surface area (Å²) in [6, 6.07) is 21.3. The van der Waals surface area contributed by atoms with Gasteiger partial charge in [0, 0.05) is 17.6 Å². The second-order valence-corrected chi connectivity index (χ2v) is 12.4. The highest BCUT2D eigenvalue weighted by Gasteiger charge is 2.33. The van der Waals surface area contributed by atoms with E-state index in [1.807, 2.05) is 48.5 Å². The molecule has 0 aromatic heterocycles. The first kappa shape index (κ1) is 31.3. The SMILES string of the molecule is CC(C)(CC(=O)N[C@@H]1CCc2ccccc2N(Cc2ccc(-c3ccccc3C(=O)O)cc2)C1=O)NC(=O)OC(C)(C)C. The van der Waals surface area contributed by atoms with Crippen LogP contribution in [0.15, 0.2) is 72.8 Å². The maximum absolute atomic E-state index is 13.9. The zero-order chi connectivity index (χ0) is 31.4. The molecule has 0 saturated carbocycles. The number of ether oxygens (including phenoxy) is 1. The van der Waals surface area contributed by atoms with Crippen molar-refractivity contribution in [3.8, 4) is 11.1 Å². The molecule has 1 aliphatic heterocycles. The highest BCUT2D eigenvalue weighted by Crippen LogP contribution is 2.30. The van der Waals surface area contributed by atoms with Crippen molar-refractivity contribution in [2.75, 3.05) is 4.90 Å². The van der Waals surface area contributed by atoms with Gasteiger partial charge in [-0.2, -0.15) is 0 Å². The predicted octanol–water partition coefficient (Wildman–Crippen LogP) is 5.71. The van der Waals surface area contributed by atoms with Crippen molar-refractivity contribution in [1.29, 1.82) is 0 Å². The van der Waals surface area contributed by atoms with Crippen LogP contribution in [0, 0.1) is 0 Å². The number of benzene rings is 3. The minimum absolute atomic E-state index is 0.0394. The van der Waals surface area contributed by atoms with Crippen LogP contribution in [0.25, 0.3) is 11.1 Å². The summed E-state index contributed by atoms with van der Waals surface area (Å²) in [5.74, 6) is -1.58. The number of aromatic carboxylic acids is 1. The van der Waals surface area contributed by atoms with Crippen LogP contribution >= 0.6 is 0 Å². The van der Waals surface area contributed by atoms with Crippen LogP contribution in [0.4, 0.5) is 10.5 Å². The second-order valence-electron chi connectivity index (χ2n) is 12.4. The molecule has 0 radical (unpaired) electrons. The summed E-state index contributed by atoms with van der Waals surface area (Å²) in [5, 5.41) is 15.2. The number of amides is 3. The number of rotatable bonds is 8. The Bertz CT molecular complexity index is 1510. The lowest BCUT2D eigenvalue weighted by atomic mass is 9.98. The lowest BCUT2D eigenvalue weighted by molar-refractivity contribution is -0.128. The van der Waals surface area contributed by atoms with Gasteiger partial charge in [-0.15, -0.1) is 0 Å². The second kappa shape index (κ2) is 12.7. The van der Waals surface area contributed by atoms with Crippen molar-refractivity contribution in [3.63, 3.8) is 0 Å². The molecule has 1 heterocycles. The van der Waals surface area contributed by atoms with Crippen molar-refractivity contribution in [2.45, 2.75) is 77.6 Å². The van der Waals surface area contributed by atoms with Gasteiger partial charge in [0.05, 0.1) is 12.1 Å². The minimum Gasteiger partial charge on any atom is -0.478 e. The number of fused-ring (bicyclic) bond motifs is 1. The number of anilines is 1. The van der Waals surface area contributed by atoms with E-state index < -0.39 is 29.2 Å². The smallest absolute Gasteiger partial charge is 0.408 e. The summed E-state index contributed by atoms with van der Waals surface area (Å²) < 4.78 is 5.33. The molecular weight excluding hydrogens is 546 g/mol. The highest BCUT2D eigenvalue weighted by atomic mass is 16.6. The first-order chi connectivity index (χ1) is 20.2. The molecule has 226 valence electrons. The Hall–Kier alpha value is -4.66. The highest BCUT2D eigenvalue weighted by molar-refractivity contribution is 6.00. The Kier molecular flexibility index (Phi) is 9.23. The van der Waals surface area contributed by atoms with Crippen LogP contribution in [0.1, 0.15) is 68.9 Å². The molecule has 9 nitrogen and oxygen atoms in total. The normalized spacial score (nSPS) is 15.2. The van der Waals surface area contributed by atoms with Crippen LogP contribution in [0.3, 0.4) is 0 Å². The number of alkyl carbamates (subject to hydrolysis) is 1. The quantitative estimate of drug-likeness (QED) is 0.311. The fraction of sp³-hybridized carbons (Fsp3) is 0.353. The van der Waals surface area contributed by atoms with Crippen LogP contribution in [-0.2, 0) is 27.3 Å². The number of carboxylic acids is 1. The Morgan fingerprint density at radius 3 is 2.26 bits per heavy atom. The lowest BCUT2D eigenvalue weighted by Gasteiger charge is -2.29. The summed E-state index contributed by atoms with van der Waals surface area (Å²) in [5.41, 5.74) is 2.68. The molecule has 4 rings (SSSR count). The number of aryl methyl sites for hydroxylation is 1. The van der Waals surface area contributed by atoms with Crippen molar-refractivity contribution in [2.24, 2.45) is 0 Å². The van der Waals surface area contributed by atoms with E-state index in [0.29, 0.717) is 18.4 Å². The summed E-state index contributed by atoms with van der Waals surface area (Å²) in [7, 11) is 0. The van der Waals surface area contributed by atoms with Crippen molar-refractivity contribution >= 4 is 29.6 Å². The monoisotopic (exact) mass is 585 g/mol. The van der Waals surface area contributed by atoms with Gasteiger partial charge in [0.1, 0.15) is 11.6 Å². The maximum atomic E-state index is 13.9. The molecule has 1 aliphatic rings. The molecular formula is C34H39N3O6. The Balaban J connectivity index is 1.50. The van der Waals surface area contributed by atoms with Crippen LogP contribution < -0.4 is 15.5 Å². The first-order valence-corrected chi connectivity index (χ1v) is 14.3. The van der Waals surface area contributed by atoms with Gasteiger partial charge in [0.15, 0.2) is 0 Å². The summed E-state index contributed by atoms with van der Waals surface area (Å²) in [4.78, 5) is 52.7. The third-order valence-electron chi connectivity index (χ3n) is 7.09. The number of carbonyl (C=O) groups excluding carboxylic acids is 3. The van der Waals surface area contributed by atoms with Gasteiger partial charge in [-0.3, -0.25) is 9.59 Å². The number of nitrogens with zero attached hydrogens (tertiary/aromatic N) is 1. The van der Waals surface area contributed by atoms with Gasteiger partial charge in [-0.1, -0.05) is 60.7 Å². The molecule has 0 saturated heterocycles. The zero-order valence-electron chi connectivity index (χ0n) is 25.3. The van der Waals surface area contributed by atoms with E-state index in [-0.39, 0.29) is 30.3 Å². The third kappa shape index (κ3) is 8.22. The Morgan fingerprint density at radius 1 is 0.930 bits per heavy atom. The van der Waals surface area contributed by atoms with Gasteiger partial charge >= 0.3 is 12.1 Å². The van der Waals surface area contributed by atoms with Crippen molar-refractivity contribution in [3.05, 3.63) is 89.5 Å². The molecule has 43 heavy (non-hydrogen) atoms. The molecule has 0 spiro atoms. The lowest BCUT2D eigenvalue weighted by Crippen LogP contribution is -2.52. The molecule has 3 amide bonds. The number of carboxylic acid groups (broad SMARTS) is 1. The van der Waals surface area contributed by atoms with E-state index in [9.17, 15) is 24.3 Å². The molecule has 3 N–H and O–H groups in total. The molecule has 1 atom stereocenters. The average Bonchev–Trinajstić information content (AvgIpc) is 3.04.